The minimum Gasteiger partial charge on any atom is -0.493 e. The second kappa shape index (κ2) is 9.53. The molecule has 0 aliphatic carbocycles. The van der Waals surface area contributed by atoms with Crippen LogP contribution in [0.15, 0.2) is 35.5 Å². The van der Waals surface area contributed by atoms with Crippen molar-refractivity contribution in [2.45, 2.75) is 36.5 Å². The molecule has 0 aromatic heterocycles. The first-order chi connectivity index (χ1) is 12.7. The highest BCUT2D eigenvalue weighted by molar-refractivity contribution is 6.67. The summed E-state index contributed by atoms with van der Waals surface area (Å²) in [7, 11) is 0. The fourth-order valence-electron chi connectivity index (χ4n) is 2.60. The molecule has 2 N–H and O–H groups in total. The highest BCUT2D eigenvalue weighted by atomic mass is 35.6. The Bertz CT molecular complexity index is 732. The molecule has 0 bridgehead atoms. The summed E-state index contributed by atoms with van der Waals surface area (Å²) in [6.45, 7) is 3.79. The Balaban J connectivity index is 2.34. The van der Waals surface area contributed by atoms with Crippen molar-refractivity contribution in [3.63, 3.8) is 0 Å². The number of alkyl halides is 3. The van der Waals surface area contributed by atoms with Crippen LogP contribution in [0.3, 0.4) is 0 Å². The number of esters is 1. The fraction of sp³-hybridized carbons (Fsp3) is 0.444. The zero-order chi connectivity index (χ0) is 20.0. The first-order valence-electron chi connectivity index (χ1n) is 8.46. The number of ether oxygens (including phenoxy) is 2. The second-order valence-electron chi connectivity index (χ2n) is 6.00. The van der Waals surface area contributed by atoms with E-state index in [4.69, 9.17) is 44.3 Å². The molecule has 2 rings (SSSR count). The van der Waals surface area contributed by atoms with Gasteiger partial charge in [-0.05, 0) is 19.4 Å². The van der Waals surface area contributed by atoms with E-state index in [1.165, 1.54) is 0 Å². The molecule has 0 saturated heterocycles. The fourth-order valence-corrected chi connectivity index (χ4v) is 2.76. The van der Waals surface area contributed by atoms with Crippen LogP contribution < -0.4 is 15.4 Å². The number of hydrogen-bond donors (Lipinski definition) is 2. The lowest BCUT2D eigenvalue weighted by atomic mass is 9.95. The van der Waals surface area contributed by atoms with Gasteiger partial charge in [-0.1, -0.05) is 66.3 Å². The average molecular weight is 436 g/mol. The molecule has 9 heteroatoms. The molecule has 148 valence electrons. The number of allylic oxidation sites excluding steroid dienone is 1. The van der Waals surface area contributed by atoms with E-state index in [2.05, 4.69) is 17.6 Å². The molecule has 1 aromatic rings. The molecule has 0 fully saturated rings. The predicted molar refractivity (Wildman–Crippen MR) is 105 cm³/mol. The van der Waals surface area contributed by atoms with Crippen LogP contribution >= 0.6 is 34.8 Å². The van der Waals surface area contributed by atoms with Crippen LogP contribution in [0.2, 0.25) is 0 Å². The van der Waals surface area contributed by atoms with Gasteiger partial charge < -0.3 is 20.1 Å². The Morgan fingerprint density at radius 2 is 1.96 bits per heavy atom. The number of carbonyl (C=O) groups is 2. The maximum atomic E-state index is 12.6. The Morgan fingerprint density at radius 1 is 1.26 bits per heavy atom. The normalized spacial score (nSPS) is 17.2. The zero-order valence-corrected chi connectivity index (χ0v) is 17.2. The molecule has 27 heavy (non-hydrogen) atoms. The summed E-state index contributed by atoms with van der Waals surface area (Å²) in [6.07, 6.45) is 1.87. The van der Waals surface area contributed by atoms with E-state index in [1.807, 2.05) is 6.07 Å². The molecule has 1 atom stereocenters. The third-order valence-corrected chi connectivity index (χ3v) is 4.17. The van der Waals surface area contributed by atoms with Crippen LogP contribution in [-0.2, 0) is 9.53 Å². The summed E-state index contributed by atoms with van der Waals surface area (Å²) in [5.41, 5.74) is 1.22. The van der Waals surface area contributed by atoms with Crippen LogP contribution in [0.25, 0.3) is 0 Å². The highest BCUT2D eigenvalue weighted by Crippen LogP contribution is 2.34. The molecule has 0 spiro atoms. The van der Waals surface area contributed by atoms with Crippen LogP contribution in [0.1, 0.15) is 38.3 Å². The van der Waals surface area contributed by atoms with Crippen molar-refractivity contribution in [2.24, 2.45) is 0 Å². The van der Waals surface area contributed by atoms with Gasteiger partial charge in [-0.3, -0.25) is 0 Å². The van der Waals surface area contributed by atoms with Gasteiger partial charge in [-0.25, -0.2) is 9.59 Å². The number of benzene rings is 1. The summed E-state index contributed by atoms with van der Waals surface area (Å²) in [4.78, 5) is 24.6. The van der Waals surface area contributed by atoms with E-state index in [0.29, 0.717) is 23.6 Å². The number of halogens is 3. The summed E-state index contributed by atoms with van der Waals surface area (Å²) in [5, 5.41) is 5.30. The Morgan fingerprint density at radius 3 is 2.63 bits per heavy atom. The quantitative estimate of drug-likeness (QED) is 0.378. The standard InChI is InChI=1S/C18H21Cl3N2O4/c1-3-4-9-26-13-8-6-5-7-12(13)15-14(11(2)22-17(25)23-15)16(24)27-10-18(19,20)21/h5-8,15H,3-4,9-10H2,1-2H3,(H2,22,23,25). The van der Waals surface area contributed by atoms with Crippen molar-refractivity contribution in [1.29, 1.82) is 0 Å². The lowest BCUT2D eigenvalue weighted by Crippen LogP contribution is -2.45. The average Bonchev–Trinajstić information content (AvgIpc) is 2.59. The van der Waals surface area contributed by atoms with Crippen molar-refractivity contribution >= 4 is 46.8 Å². The van der Waals surface area contributed by atoms with Gasteiger partial charge in [0.05, 0.1) is 18.2 Å². The van der Waals surface area contributed by atoms with Crippen molar-refractivity contribution < 1.29 is 19.1 Å². The Labute approximate surface area is 173 Å². The summed E-state index contributed by atoms with van der Waals surface area (Å²) < 4.78 is 9.22. The summed E-state index contributed by atoms with van der Waals surface area (Å²) in [6, 6.07) is 6.02. The molecule has 2 amide bonds. The molecular weight excluding hydrogens is 415 g/mol. The molecule has 1 aliphatic heterocycles. The topological polar surface area (TPSA) is 76.7 Å². The number of unbranched alkanes of at least 4 members (excludes halogenated alkanes) is 1. The first kappa shape index (κ1) is 21.7. The van der Waals surface area contributed by atoms with E-state index in [-0.39, 0.29) is 5.57 Å². The smallest absolute Gasteiger partial charge is 0.338 e. The van der Waals surface area contributed by atoms with Gasteiger partial charge in [0.1, 0.15) is 12.4 Å². The Hall–Kier alpha value is -1.63. The van der Waals surface area contributed by atoms with Crippen LogP contribution in [0.5, 0.6) is 5.75 Å². The number of urea groups is 1. The summed E-state index contributed by atoms with van der Waals surface area (Å²) >= 11 is 17.0. The van der Waals surface area contributed by atoms with Gasteiger partial charge in [0, 0.05) is 11.3 Å². The number of amides is 2. The third-order valence-electron chi connectivity index (χ3n) is 3.84. The molecule has 1 aromatic carbocycles. The predicted octanol–water partition coefficient (Wildman–Crippen LogP) is 4.41. The molecule has 0 saturated carbocycles. The van der Waals surface area contributed by atoms with Crippen molar-refractivity contribution in [1.82, 2.24) is 10.6 Å². The largest absolute Gasteiger partial charge is 0.493 e. The monoisotopic (exact) mass is 434 g/mol. The van der Waals surface area contributed by atoms with Gasteiger partial charge in [0.2, 0.25) is 3.79 Å². The Kier molecular flexibility index (Phi) is 7.65. The van der Waals surface area contributed by atoms with Crippen molar-refractivity contribution in [2.75, 3.05) is 13.2 Å². The lowest BCUT2D eigenvalue weighted by molar-refractivity contribution is -0.139. The molecule has 1 aliphatic rings. The zero-order valence-electron chi connectivity index (χ0n) is 15.0. The van der Waals surface area contributed by atoms with Crippen LogP contribution in [0, 0.1) is 0 Å². The molecular formula is C18H21Cl3N2O4. The first-order valence-corrected chi connectivity index (χ1v) is 9.60. The minimum atomic E-state index is -1.73. The highest BCUT2D eigenvalue weighted by Gasteiger charge is 2.35. The SMILES string of the molecule is CCCCOc1ccccc1C1NC(=O)NC(C)=C1C(=O)OCC(Cl)(Cl)Cl. The number of rotatable bonds is 7. The van der Waals surface area contributed by atoms with Gasteiger partial charge >= 0.3 is 12.0 Å². The minimum absolute atomic E-state index is 0.218. The van der Waals surface area contributed by atoms with Gasteiger partial charge in [0.25, 0.3) is 0 Å². The van der Waals surface area contributed by atoms with E-state index in [1.54, 1.807) is 25.1 Å². The molecule has 6 nitrogen and oxygen atoms in total. The third kappa shape index (κ3) is 6.19. The van der Waals surface area contributed by atoms with Crippen LogP contribution in [0.4, 0.5) is 4.79 Å². The maximum Gasteiger partial charge on any atom is 0.338 e. The number of hydrogen-bond acceptors (Lipinski definition) is 4. The molecule has 1 unspecified atom stereocenters. The van der Waals surface area contributed by atoms with E-state index in [0.717, 1.165) is 12.8 Å². The number of carbonyl (C=O) groups excluding carboxylic acids is 2. The van der Waals surface area contributed by atoms with Crippen LogP contribution in [-0.4, -0.2) is 29.0 Å². The number of para-hydroxylation sites is 1. The van der Waals surface area contributed by atoms with E-state index in [9.17, 15) is 9.59 Å². The molecule has 0 radical (unpaired) electrons. The number of nitrogens with one attached hydrogen (secondary N) is 2. The molecule has 1 heterocycles. The van der Waals surface area contributed by atoms with E-state index < -0.39 is 28.4 Å². The van der Waals surface area contributed by atoms with Gasteiger partial charge in [-0.15, -0.1) is 0 Å². The summed E-state index contributed by atoms with van der Waals surface area (Å²) in [5.74, 6) is -0.114. The second-order valence-corrected chi connectivity index (χ2v) is 8.52. The maximum absolute atomic E-state index is 12.6. The lowest BCUT2D eigenvalue weighted by Gasteiger charge is -2.29. The van der Waals surface area contributed by atoms with Crippen molar-refractivity contribution in [3.05, 3.63) is 41.1 Å². The van der Waals surface area contributed by atoms with E-state index >= 15 is 0 Å². The van der Waals surface area contributed by atoms with Gasteiger partial charge in [-0.2, -0.15) is 0 Å². The van der Waals surface area contributed by atoms with Crippen molar-refractivity contribution in [3.8, 4) is 5.75 Å². The van der Waals surface area contributed by atoms with Gasteiger partial charge in [0.15, 0.2) is 0 Å².